The quantitative estimate of drug-likeness (QED) is 0.755. The van der Waals surface area contributed by atoms with Crippen LogP contribution in [0.2, 0.25) is 0 Å². The molecule has 2 N–H and O–H groups in total. The Balaban J connectivity index is 1.71. The number of aliphatic hydroxyl groups is 1. The van der Waals surface area contributed by atoms with E-state index in [0.29, 0.717) is 13.2 Å². The predicted octanol–water partition coefficient (Wildman–Crippen LogP) is 1.66. The lowest BCUT2D eigenvalue weighted by Crippen LogP contribution is -2.29. The van der Waals surface area contributed by atoms with E-state index in [1.165, 1.54) is 24.0 Å². The summed E-state index contributed by atoms with van der Waals surface area (Å²) in [6, 6.07) is 8.78. The van der Waals surface area contributed by atoms with Crippen LogP contribution < -0.4 is 5.32 Å². The third-order valence-corrected chi connectivity index (χ3v) is 3.10. The van der Waals surface area contributed by atoms with Gasteiger partial charge in [0.15, 0.2) is 0 Å². The number of hydrogen-bond acceptors (Lipinski definition) is 3. The van der Waals surface area contributed by atoms with Crippen molar-refractivity contribution in [2.75, 3.05) is 20.3 Å². The second-order valence-electron chi connectivity index (χ2n) is 4.76. The summed E-state index contributed by atoms with van der Waals surface area (Å²) >= 11 is 0. The zero-order valence-corrected chi connectivity index (χ0v) is 10.4. The van der Waals surface area contributed by atoms with E-state index in [1.54, 1.807) is 7.11 Å². The molecule has 3 heteroatoms. The first-order chi connectivity index (χ1) is 8.29. The van der Waals surface area contributed by atoms with Gasteiger partial charge in [-0.1, -0.05) is 24.3 Å². The number of rotatable bonds is 7. The maximum absolute atomic E-state index is 9.46. The Kier molecular flexibility index (Phi) is 4.54. The minimum atomic E-state index is -0.425. The van der Waals surface area contributed by atoms with Crippen molar-refractivity contribution >= 4 is 0 Å². The van der Waals surface area contributed by atoms with E-state index in [0.717, 1.165) is 12.5 Å². The molecule has 0 aliphatic heterocycles. The van der Waals surface area contributed by atoms with Gasteiger partial charge < -0.3 is 15.2 Å². The van der Waals surface area contributed by atoms with Crippen molar-refractivity contribution in [2.45, 2.75) is 31.4 Å². The van der Waals surface area contributed by atoms with Crippen LogP contribution in [-0.4, -0.2) is 31.5 Å². The van der Waals surface area contributed by atoms with Crippen LogP contribution in [0.15, 0.2) is 24.3 Å². The first-order valence-electron chi connectivity index (χ1n) is 6.26. The fourth-order valence-corrected chi connectivity index (χ4v) is 1.96. The summed E-state index contributed by atoms with van der Waals surface area (Å²) in [6.07, 6.45) is 2.27. The van der Waals surface area contributed by atoms with Crippen LogP contribution in [0.25, 0.3) is 0 Å². The summed E-state index contributed by atoms with van der Waals surface area (Å²) in [5, 5.41) is 12.7. The van der Waals surface area contributed by atoms with Gasteiger partial charge in [0.05, 0.1) is 12.7 Å². The van der Waals surface area contributed by atoms with Crippen molar-refractivity contribution in [1.82, 2.24) is 5.32 Å². The Morgan fingerprint density at radius 3 is 2.65 bits per heavy atom. The standard InChI is InChI=1S/C14H21NO2/c1-17-10-14(16)9-15-8-11-2-4-12(5-3-11)13-6-7-13/h2-5,13-16H,6-10H2,1H3. The Bertz CT molecular complexity index is 333. The molecule has 0 radical (unpaired) electrons. The Morgan fingerprint density at radius 2 is 2.06 bits per heavy atom. The smallest absolute Gasteiger partial charge is 0.0897 e. The first kappa shape index (κ1) is 12.6. The molecule has 3 nitrogen and oxygen atoms in total. The molecule has 1 atom stereocenters. The Hall–Kier alpha value is -0.900. The summed E-state index contributed by atoms with van der Waals surface area (Å²) in [6.45, 7) is 1.75. The van der Waals surface area contributed by atoms with E-state index < -0.39 is 6.10 Å². The van der Waals surface area contributed by atoms with Gasteiger partial charge in [0.2, 0.25) is 0 Å². The van der Waals surface area contributed by atoms with Crippen LogP contribution in [0.4, 0.5) is 0 Å². The van der Waals surface area contributed by atoms with Gasteiger partial charge in [-0.05, 0) is 29.9 Å². The highest BCUT2D eigenvalue weighted by atomic mass is 16.5. The van der Waals surface area contributed by atoms with Gasteiger partial charge in [-0.15, -0.1) is 0 Å². The van der Waals surface area contributed by atoms with Crippen molar-refractivity contribution in [1.29, 1.82) is 0 Å². The van der Waals surface area contributed by atoms with Crippen molar-refractivity contribution in [3.63, 3.8) is 0 Å². The Morgan fingerprint density at radius 1 is 1.35 bits per heavy atom. The second kappa shape index (κ2) is 6.15. The van der Waals surface area contributed by atoms with Crippen LogP contribution in [0, 0.1) is 0 Å². The van der Waals surface area contributed by atoms with Gasteiger partial charge in [-0.3, -0.25) is 0 Å². The minimum Gasteiger partial charge on any atom is -0.389 e. The zero-order valence-electron chi connectivity index (χ0n) is 10.4. The monoisotopic (exact) mass is 235 g/mol. The molecule has 0 bridgehead atoms. The fourth-order valence-electron chi connectivity index (χ4n) is 1.96. The topological polar surface area (TPSA) is 41.5 Å². The summed E-state index contributed by atoms with van der Waals surface area (Å²) in [4.78, 5) is 0. The minimum absolute atomic E-state index is 0.383. The van der Waals surface area contributed by atoms with E-state index >= 15 is 0 Å². The van der Waals surface area contributed by atoms with Crippen LogP contribution in [-0.2, 0) is 11.3 Å². The summed E-state index contributed by atoms with van der Waals surface area (Å²) in [5.41, 5.74) is 2.73. The van der Waals surface area contributed by atoms with Crippen LogP contribution in [0.1, 0.15) is 29.9 Å². The molecule has 1 saturated carbocycles. The van der Waals surface area contributed by atoms with E-state index in [-0.39, 0.29) is 0 Å². The molecule has 0 aromatic heterocycles. The van der Waals surface area contributed by atoms with Gasteiger partial charge >= 0.3 is 0 Å². The van der Waals surface area contributed by atoms with Crippen molar-refractivity contribution in [2.24, 2.45) is 0 Å². The van der Waals surface area contributed by atoms with E-state index in [2.05, 4.69) is 29.6 Å². The molecule has 0 amide bonds. The number of methoxy groups -OCH3 is 1. The van der Waals surface area contributed by atoms with Gasteiger partial charge in [0.1, 0.15) is 0 Å². The van der Waals surface area contributed by atoms with Crippen molar-refractivity contribution in [3.8, 4) is 0 Å². The van der Waals surface area contributed by atoms with Crippen molar-refractivity contribution < 1.29 is 9.84 Å². The average molecular weight is 235 g/mol. The lowest BCUT2D eigenvalue weighted by molar-refractivity contribution is 0.0644. The normalized spacial score (nSPS) is 17.1. The molecule has 0 spiro atoms. The van der Waals surface area contributed by atoms with Gasteiger partial charge in [-0.25, -0.2) is 0 Å². The maximum atomic E-state index is 9.46. The zero-order chi connectivity index (χ0) is 12.1. The van der Waals surface area contributed by atoms with Crippen molar-refractivity contribution in [3.05, 3.63) is 35.4 Å². The highest BCUT2D eigenvalue weighted by Gasteiger charge is 2.22. The highest BCUT2D eigenvalue weighted by molar-refractivity contribution is 5.27. The largest absolute Gasteiger partial charge is 0.389 e. The highest BCUT2D eigenvalue weighted by Crippen LogP contribution is 2.39. The molecule has 1 aromatic carbocycles. The molecule has 94 valence electrons. The molecule has 1 aromatic rings. The van der Waals surface area contributed by atoms with Crippen LogP contribution in [0.3, 0.4) is 0 Å². The number of aliphatic hydroxyl groups excluding tert-OH is 1. The van der Waals surface area contributed by atoms with E-state index in [1.807, 2.05) is 0 Å². The number of hydrogen-bond donors (Lipinski definition) is 2. The lowest BCUT2D eigenvalue weighted by Gasteiger charge is -2.10. The van der Waals surface area contributed by atoms with Gasteiger partial charge in [0, 0.05) is 20.2 Å². The van der Waals surface area contributed by atoms with E-state index in [9.17, 15) is 5.11 Å². The summed E-state index contributed by atoms with van der Waals surface area (Å²) in [7, 11) is 1.60. The molecule has 1 fully saturated rings. The summed E-state index contributed by atoms with van der Waals surface area (Å²) in [5.74, 6) is 0.820. The van der Waals surface area contributed by atoms with Gasteiger partial charge in [-0.2, -0.15) is 0 Å². The summed E-state index contributed by atoms with van der Waals surface area (Å²) < 4.78 is 4.87. The van der Waals surface area contributed by atoms with E-state index in [4.69, 9.17) is 4.74 Å². The molecule has 17 heavy (non-hydrogen) atoms. The number of ether oxygens (including phenoxy) is 1. The first-order valence-corrected chi connectivity index (χ1v) is 6.26. The maximum Gasteiger partial charge on any atom is 0.0897 e. The molecular weight excluding hydrogens is 214 g/mol. The second-order valence-corrected chi connectivity index (χ2v) is 4.76. The molecular formula is C14H21NO2. The third-order valence-electron chi connectivity index (χ3n) is 3.10. The fraction of sp³-hybridized carbons (Fsp3) is 0.571. The molecule has 0 heterocycles. The number of nitrogens with one attached hydrogen (secondary N) is 1. The van der Waals surface area contributed by atoms with Crippen LogP contribution >= 0.6 is 0 Å². The Labute approximate surface area is 103 Å². The molecule has 1 aliphatic carbocycles. The van der Waals surface area contributed by atoms with Crippen LogP contribution in [0.5, 0.6) is 0 Å². The lowest BCUT2D eigenvalue weighted by atomic mass is 10.1. The molecule has 2 rings (SSSR count). The SMILES string of the molecule is COCC(O)CNCc1ccc(C2CC2)cc1. The third kappa shape index (κ3) is 4.11. The average Bonchev–Trinajstić information content (AvgIpc) is 3.14. The predicted molar refractivity (Wildman–Crippen MR) is 68.0 cm³/mol. The number of benzene rings is 1. The molecule has 1 aliphatic rings. The van der Waals surface area contributed by atoms with Gasteiger partial charge in [0.25, 0.3) is 0 Å². The molecule has 0 saturated heterocycles. The molecule has 1 unspecified atom stereocenters.